The molecule has 2 aromatic carbocycles. The summed E-state index contributed by atoms with van der Waals surface area (Å²) in [5.41, 5.74) is 1.00. The number of rotatable bonds is 6. The summed E-state index contributed by atoms with van der Waals surface area (Å²) in [5.74, 6) is 0.387. The monoisotopic (exact) mass is 440 g/mol. The van der Waals surface area contributed by atoms with Gasteiger partial charge < -0.3 is 19.3 Å². The number of halogens is 1. The summed E-state index contributed by atoms with van der Waals surface area (Å²) >= 11 is 0. The number of methoxy groups -OCH3 is 1. The smallest absolute Gasteiger partial charge is 0.253 e. The molecule has 0 spiro atoms. The highest BCUT2D eigenvalue weighted by molar-refractivity contribution is 5.95. The Morgan fingerprint density at radius 1 is 0.938 bits per heavy atom. The highest BCUT2D eigenvalue weighted by atomic mass is 19.1. The van der Waals surface area contributed by atoms with E-state index in [0.717, 1.165) is 38.8 Å². The van der Waals surface area contributed by atoms with E-state index in [-0.39, 0.29) is 23.5 Å². The number of piperidine rings is 1. The molecule has 0 saturated carbocycles. The minimum absolute atomic E-state index is 0.0745. The second-order valence-electron chi connectivity index (χ2n) is 8.44. The Bertz CT molecular complexity index is 957. The lowest BCUT2D eigenvalue weighted by Crippen LogP contribution is -2.41. The Labute approximate surface area is 187 Å². The van der Waals surface area contributed by atoms with E-state index < -0.39 is 5.82 Å². The SMILES string of the molecule is COc1ccc(C(=O)N2CCC[C@@H](COc3ccc(C(=O)N4CCCC4)cc3)C2)cc1F. The van der Waals surface area contributed by atoms with E-state index in [4.69, 9.17) is 9.47 Å². The van der Waals surface area contributed by atoms with Crippen molar-refractivity contribution in [3.63, 3.8) is 0 Å². The van der Waals surface area contributed by atoms with E-state index in [9.17, 15) is 14.0 Å². The van der Waals surface area contributed by atoms with E-state index in [1.165, 1.54) is 19.2 Å². The number of benzene rings is 2. The molecule has 0 N–H and O–H groups in total. The molecule has 170 valence electrons. The maximum atomic E-state index is 14.0. The molecule has 0 aromatic heterocycles. The lowest BCUT2D eigenvalue weighted by atomic mass is 9.98. The van der Waals surface area contributed by atoms with Crippen LogP contribution in [-0.4, -0.2) is 61.5 Å². The predicted octanol–water partition coefficient (Wildman–Crippen LogP) is 4.00. The molecule has 2 aliphatic heterocycles. The van der Waals surface area contributed by atoms with Crippen LogP contribution in [0.1, 0.15) is 46.4 Å². The van der Waals surface area contributed by atoms with Gasteiger partial charge in [0.05, 0.1) is 13.7 Å². The van der Waals surface area contributed by atoms with Gasteiger partial charge in [-0.05, 0) is 68.1 Å². The lowest BCUT2D eigenvalue weighted by Gasteiger charge is -2.32. The molecule has 0 bridgehead atoms. The van der Waals surface area contributed by atoms with Crippen molar-refractivity contribution in [1.29, 1.82) is 0 Å². The second-order valence-corrected chi connectivity index (χ2v) is 8.44. The Hall–Kier alpha value is -3.09. The van der Waals surface area contributed by atoms with Crippen LogP contribution in [0, 0.1) is 11.7 Å². The zero-order valence-corrected chi connectivity index (χ0v) is 18.4. The van der Waals surface area contributed by atoms with Gasteiger partial charge in [0.1, 0.15) is 5.75 Å². The van der Waals surface area contributed by atoms with Crippen LogP contribution in [0.15, 0.2) is 42.5 Å². The van der Waals surface area contributed by atoms with Crippen molar-refractivity contribution >= 4 is 11.8 Å². The molecule has 2 aliphatic rings. The van der Waals surface area contributed by atoms with Crippen LogP contribution in [-0.2, 0) is 0 Å². The van der Waals surface area contributed by atoms with Crippen LogP contribution >= 0.6 is 0 Å². The van der Waals surface area contributed by atoms with Crippen molar-refractivity contribution in [2.45, 2.75) is 25.7 Å². The fraction of sp³-hybridized carbons (Fsp3) is 0.440. The number of amides is 2. The Balaban J connectivity index is 1.31. The molecular weight excluding hydrogens is 411 g/mol. The van der Waals surface area contributed by atoms with Crippen molar-refractivity contribution in [1.82, 2.24) is 9.80 Å². The highest BCUT2D eigenvalue weighted by Crippen LogP contribution is 2.23. The van der Waals surface area contributed by atoms with Gasteiger partial charge >= 0.3 is 0 Å². The minimum atomic E-state index is -0.540. The van der Waals surface area contributed by atoms with E-state index in [1.807, 2.05) is 29.2 Å². The van der Waals surface area contributed by atoms with Crippen LogP contribution < -0.4 is 9.47 Å². The van der Waals surface area contributed by atoms with Crippen LogP contribution in [0.5, 0.6) is 11.5 Å². The number of hydrogen-bond acceptors (Lipinski definition) is 4. The number of carbonyl (C=O) groups is 2. The summed E-state index contributed by atoms with van der Waals surface area (Å²) in [6.07, 6.45) is 3.98. The summed E-state index contributed by atoms with van der Waals surface area (Å²) in [6, 6.07) is 11.6. The van der Waals surface area contributed by atoms with Crippen LogP contribution in [0.25, 0.3) is 0 Å². The van der Waals surface area contributed by atoms with Crippen molar-refractivity contribution in [3.8, 4) is 11.5 Å². The average Bonchev–Trinajstić information content (AvgIpc) is 3.37. The van der Waals surface area contributed by atoms with Gasteiger partial charge in [-0.1, -0.05) is 0 Å². The maximum absolute atomic E-state index is 14.0. The first kappa shape index (κ1) is 22.1. The van der Waals surface area contributed by atoms with Crippen molar-refractivity contribution in [3.05, 3.63) is 59.4 Å². The third-order valence-corrected chi connectivity index (χ3v) is 6.19. The largest absolute Gasteiger partial charge is 0.494 e. The van der Waals surface area contributed by atoms with E-state index in [0.29, 0.717) is 36.6 Å². The van der Waals surface area contributed by atoms with Crippen LogP contribution in [0.4, 0.5) is 4.39 Å². The zero-order valence-electron chi connectivity index (χ0n) is 18.4. The summed E-state index contributed by atoms with van der Waals surface area (Å²) in [4.78, 5) is 28.9. The summed E-state index contributed by atoms with van der Waals surface area (Å²) in [5, 5.41) is 0. The predicted molar refractivity (Wildman–Crippen MR) is 119 cm³/mol. The van der Waals surface area contributed by atoms with Gasteiger partial charge in [-0.2, -0.15) is 0 Å². The average molecular weight is 441 g/mol. The third kappa shape index (κ3) is 5.03. The molecule has 0 aliphatic carbocycles. The quantitative estimate of drug-likeness (QED) is 0.681. The molecule has 7 heteroatoms. The fourth-order valence-electron chi connectivity index (χ4n) is 4.38. The standard InChI is InChI=1S/C25H29FN2O4/c1-31-23-11-8-20(15-22(23)26)25(30)28-14-4-5-18(16-28)17-32-21-9-6-19(7-10-21)24(29)27-12-2-3-13-27/h6-11,15,18H,2-5,12-14,16-17H2,1H3/t18-/m1/s1. The molecule has 2 heterocycles. The molecule has 0 unspecified atom stereocenters. The van der Waals surface area contributed by atoms with Gasteiger partial charge in [0.15, 0.2) is 11.6 Å². The molecule has 2 amide bonds. The molecule has 1 atom stereocenters. The lowest BCUT2D eigenvalue weighted by molar-refractivity contribution is 0.0632. The van der Waals surface area contributed by atoms with Gasteiger partial charge in [-0.25, -0.2) is 4.39 Å². The van der Waals surface area contributed by atoms with Crippen molar-refractivity contribution < 1.29 is 23.5 Å². The molecule has 0 radical (unpaired) electrons. The normalized spacial score (nSPS) is 18.5. The van der Waals surface area contributed by atoms with Crippen LogP contribution in [0.3, 0.4) is 0 Å². The summed E-state index contributed by atoms with van der Waals surface area (Å²) < 4.78 is 24.9. The number of ether oxygens (including phenoxy) is 2. The van der Waals surface area contributed by atoms with Crippen molar-refractivity contribution in [2.24, 2.45) is 5.92 Å². The van der Waals surface area contributed by atoms with Crippen molar-refractivity contribution in [2.75, 3.05) is 39.9 Å². The fourth-order valence-corrected chi connectivity index (χ4v) is 4.38. The molecule has 2 saturated heterocycles. The Kier molecular flexibility index (Phi) is 6.93. The number of likely N-dealkylation sites (tertiary alicyclic amines) is 2. The molecule has 4 rings (SSSR count). The van der Waals surface area contributed by atoms with Crippen LogP contribution in [0.2, 0.25) is 0 Å². The van der Waals surface area contributed by atoms with Gasteiger partial charge in [0, 0.05) is 43.2 Å². The third-order valence-electron chi connectivity index (χ3n) is 6.19. The zero-order chi connectivity index (χ0) is 22.5. The first-order valence-electron chi connectivity index (χ1n) is 11.2. The van der Waals surface area contributed by atoms with E-state index in [1.54, 1.807) is 11.0 Å². The minimum Gasteiger partial charge on any atom is -0.494 e. The molecule has 32 heavy (non-hydrogen) atoms. The summed E-state index contributed by atoms with van der Waals surface area (Å²) in [6.45, 7) is 3.36. The van der Waals surface area contributed by atoms with E-state index in [2.05, 4.69) is 0 Å². The van der Waals surface area contributed by atoms with Gasteiger partial charge in [-0.15, -0.1) is 0 Å². The molecule has 2 fully saturated rings. The second kappa shape index (κ2) is 10.0. The Morgan fingerprint density at radius 2 is 1.59 bits per heavy atom. The number of carbonyl (C=O) groups excluding carboxylic acids is 2. The number of nitrogens with zero attached hydrogens (tertiary/aromatic N) is 2. The van der Waals surface area contributed by atoms with Gasteiger partial charge in [0.25, 0.3) is 11.8 Å². The Morgan fingerprint density at radius 3 is 2.28 bits per heavy atom. The first-order chi connectivity index (χ1) is 15.5. The maximum Gasteiger partial charge on any atom is 0.253 e. The molecule has 2 aromatic rings. The highest BCUT2D eigenvalue weighted by Gasteiger charge is 2.26. The van der Waals surface area contributed by atoms with Gasteiger partial charge in [-0.3, -0.25) is 9.59 Å². The topological polar surface area (TPSA) is 59.1 Å². The molecule has 6 nitrogen and oxygen atoms in total. The van der Waals surface area contributed by atoms with E-state index >= 15 is 0 Å². The van der Waals surface area contributed by atoms with Gasteiger partial charge in [0.2, 0.25) is 0 Å². The first-order valence-corrected chi connectivity index (χ1v) is 11.2. The summed E-state index contributed by atoms with van der Waals surface area (Å²) in [7, 11) is 1.40. The molecular formula is C25H29FN2O4. The number of hydrogen-bond donors (Lipinski definition) is 0.